The van der Waals surface area contributed by atoms with Crippen LogP contribution in [0, 0.1) is 17.7 Å². The molecule has 1 rings (SSSR count). The fourth-order valence-electron chi connectivity index (χ4n) is 1.35. The van der Waals surface area contributed by atoms with E-state index in [4.69, 9.17) is 16.3 Å². The van der Waals surface area contributed by atoms with Crippen molar-refractivity contribution in [3.63, 3.8) is 0 Å². The number of hydrogen-bond donors (Lipinski definition) is 0. The molecule has 0 atom stereocenters. The van der Waals surface area contributed by atoms with Gasteiger partial charge in [-0.25, -0.2) is 4.39 Å². The van der Waals surface area contributed by atoms with Gasteiger partial charge in [0.1, 0.15) is 11.6 Å². The van der Waals surface area contributed by atoms with Crippen LogP contribution in [0.4, 0.5) is 17.6 Å². The van der Waals surface area contributed by atoms with Crippen molar-refractivity contribution in [1.82, 2.24) is 0 Å². The lowest BCUT2D eigenvalue weighted by Crippen LogP contribution is -2.09. The van der Waals surface area contributed by atoms with Gasteiger partial charge in [-0.05, 0) is 18.6 Å². The molecule has 0 aliphatic rings. The standard InChI is InChI=1S/C14H13ClF4O/c15-8-2-1-4-11-5-6-12(10-13(11)16)20-9-3-7-14(17,18)19/h5-6,10H,2-3,7-9H2. The highest BCUT2D eigenvalue weighted by atomic mass is 35.5. The minimum Gasteiger partial charge on any atom is -0.493 e. The van der Waals surface area contributed by atoms with Crippen molar-refractivity contribution in [3.8, 4) is 17.6 Å². The molecule has 0 aliphatic heterocycles. The predicted molar refractivity (Wildman–Crippen MR) is 69.4 cm³/mol. The van der Waals surface area contributed by atoms with Crippen molar-refractivity contribution in [2.75, 3.05) is 12.5 Å². The quantitative estimate of drug-likeness (QED) is 0.336. The van der Waals surface area contributed by atoms with E-state index in [9.17, 15) is 17.6 Å². The smallest absolute Gasteiger partial charge is 0.389 e. The third kappa shape index (κ3) is 6.67. The highest BCUT2D eigenvalue weighted by molar-refractivity contribution is 6.18. The van der Waals surface area contributed by atoms with Crippen molar-refractivity contribution in [3.05, 3.63) is 29.6 Å². The number of halogens is 5. The second kappa shape index (κ2) is 8.01. The molecule has 0 unspecified atom stereocenters. The summed E-state index contributed by atoms with van der Waals surface area (Å²) in [6.07, 6.45) is -4.83. The van der Waals surface area contributed by atoms with Crippen LogP contribution in [0.15, 0.2) is 18.2 Å². The lowest BCUT2D eigenvalue weighted by atomic mass is 10.2. The Hall–Kier alpha value is -1.41. The molecular formula is C14H13ClF4O. The van der Waals surface area contributed by atoms with Gasteiger partial charge in [0.2, 0.25) is 0 Å². The fraction of sp³-hybridized carbons (Fsp3) is 0.429. The lowest BCUT2D eigenvalue weighted by Gasteiger charge is -2.08. The number of ether oxygens (including phenoxy) is 1. The molecule has 0 saturated heterocycles. The van der Waals surface area contributed by atoms with Crippen LogP contribution < -0.4 is 4.74 Å². The molecular weight excluding hydrogens is 296 g/mol. The maximum Gasteiger partial charge on any atom is 0.389 e. The molecule has 0 amide bonds. The molecule has 0 fully saturated rings. The molecule has 20 heavy (non-hydrogen) atoms. The summed E-state index contributed by atoms with van der Waals surface area (Å²) in [7, 11) is 0. The van der Waals surface area contributed by atoms with Gasteiger partial charge in [-0.15, -0.1) is 11.6 Å². The summed E-state index contributed by atoms with van der Waals surface area (Å²) in [5.74, 6) is 5.30. The highest BCUT2D eigenvalue weighted by Gasteiger charge is 2.26. The molecule has 1 aromatic rings. The zero-order valence-corrected chi connectivity index (χ0v) is 11.3. The Morgan fingerprint density at radius 2 is 2.00 bits per heavy atom. The van der Waals surface area contributed by atoms with Crippen LogP contribution in [0.2, 0.25) is 0 Å². The normalized spacial score (nSPS) is 10.8. The first-order chi connectivity index (χ1) is 9.42. The van der Waals surface area contributed by atoms with Crippen LogP contribution in [0.25, 0.3) is 0 Å². The van der Waals surface area contributed by atoms with Crippen LogP contribution in [0.5, 0.6) is 5.75 Å². The van der Waals surface area contributed by atoms with Gasteiger partial charge in [-0.2, -0.15) is 13.2 Å². The zero-order chi connectivity index (χ0) is 15.0. The second-order valence-corrected chi connectivity index (χ2v) is 4.33. The highest BCUT2D eigenvalue weighted by Crippen LogP contribution is 2.22. The molecule has 0 radical (unpaired) electrons. The second-order valence-electron chi connectivity index (χ2n) is 3.95. The van der Waals surface area contributed by atoms with Gasteiger partial charge in [-0.1, -0.05) is 11.8 Å². The minimum absolute atomic E-state index is 0.115. The molecule has 6 heteroatoms. The van der Waals surface area contributed by atoms with E-state index in [0.717, 1.165) is 6.07 Å². The number of benzene rings is 1. The van der Waals surface area contributed by atoms with Crippen LogP contribution in [0.3, 0.4) is 0 Å². The van der Waals surface area contributed by atoms with E-state index >= 15 is 0 Å². The van der Waals surface area contributed by atoms with Gasteiger partial charge < -0.3 is 4.74 Å². The molecule has 0 spiro atoms. The van der Waals surface area contributed by atoms with E-state index in [-0.39, 0.29) is 24.3 Å². The Kier molecular flexibility index (Phi) is 6.66. The number of hydrogen-bond acceptors (Lipinski definition) is 1. The van der Waals surface area contributed by atoms with E-state index in [1.807, 2.05) is 0 Å². The average Bonchev–Trinajstić information content (AvgIpc) is 2.36. The largest absolute Gasteiger partial charge is 0.493 e. The Labute approximate surface area is 119 Å². The molecule has 0 saturated carbocycles. The van der Waals surface area contributed by atoms with Gasteiger partial charge in [0, 0.05) is 24.8 Å². The summed E-state index contributed by atoms with van der Waals surface area (Å²) >= 11 is 5.44. The van der Waals surface area contributed by atoms with E-state index in [1.165, 1.54) is 12.1 Å². The van der Waals surface area contributed by atoms with E-state index in [0.29, 0.717) is 12.3 Å². The van der Waals surface area contributed by atoms with E-state index in [2.05, 4.69) is 11.8 Å². The first-order valence-electron chi connectivity index (χ1n) is 5.96. The topological polar surface area (TPSA) is 9.23 Å². The molecule has 1 nitrogen and oxygen atoms in total. The number of rotatable bonds is 5. The van der Waals surface area contributed by atoms with Crippen molar-refractivity contribution < 1.29 is 22.3 Å². The third-order valence-corrected chi connectivity index (χ3v) is 2.45. The van der Waals surface area contributed by atoms with Crippen LogP contribution in [-0.2, 0) is 0 Å². The van der Waals surface area contributed by atoms with Gasteiger partial charge in [0.25, 0.3) is 0 Å². The summed E-state index contributed by atoms with van der Waals surface area (Å²) in [6.45, 7) is -0.115. The first kappa shape index (κ1) is 16.6. The number of alkyl halides is 4. The van der Waals surface area contributed by atoms with Crippen molar-refractivity contribution >= 4 is 11.6 Å². The molecule has 0 heterocycles. The first-order valence-corrected chi connectivity index (χ1v) is 6.50. The molecule has 0 N–H and O–H groups in total. The van der Waals surface area contributed by atoms with Crippen LogP contribution >= 0.6 is 11.6 Å². The molecule has 0 aromatic heterocycles. The van der Waals surface area contributed by atoms with Gasteiger partial charge in [0.15, 0.2) is 0 Å². The SMILES string of the molecule is Fc1cc(OCCCC(F)(F)F)ccc1C#CCCCl. The van der Waals surface area contributed by atoms with Crippen molar-refractivity contribution in [2.24, 2.45) is 0 Å². The van der Waals surface area contributed by atoms with Crippen molar-refractivity contribution in [1.29, 1.82) is 0 Å². The average molecular weight is 309 g/mol. The monoisotopic (exact) mass is 308 g/mol. The maximum atomic E-state index is 13.6. The van der Waals surface area contributed by atoms with Gasteiger partial charge in [0.05, 0.1) is 12.2 Å². The van der Waals surface area contributed by atoms with Crippen molar-refractivity contribution in [2.45, 2.75) is 25.4 Å². The Morgan fingerprint density at radius 3 is 2.60 bits per heavy atom. The fourth-order valence-corrected chi connectivity index (χ4v) is 1.45. The predicted octanol–water partition coefficient (Wildman–Crippen LogP) is 4.53. The molecule has 110 valence electrons. The Balaban J connectivity index is 2.50. The third-order valence-electron chi connectivity index (χ3n) is 2.26. The van der Waals surface area contributed by atoms with Gasteiger partial charge in [-0.3, -0.25) is 0 Å². The summed E-state index contributed by atoms with van der Waals surface area (Å²) < 4.78 is 54.4. The molecule has 0 aliphatic carbocycles. The maximum absolute atomic E-state index is 13.6. The van der Waals surface area contributed by atoms with Gasteiger partial charge >= 0.3 is 6.18 Å². The Morgan fingerprint density at radius 1 is 1.25 bits per heavy atom. The molecule has 0 bridgehead atoms. The van der Waals surface area contributed by atoms with E-state index < -0.39 is 18.4 Å². The summed E-state index contributed by atoms with van der Waals surface area (Å²) in [6, 6.07) is 4.01. The summed E-state index contributed by atoms with van der Waals surface area (Å²) in [5, 5.41) is 0. The Bertz CT molecular complexity index is 488. The van der Waals surface area contributed by atoms with Crippen LogP contribution in [0.1, 0.15) is 24.8 Å². The minimum atomic E-state index is -4.20. The zero-order valence-electron chi connectivity index (χ0n) is 10.6. The molecule has 1 aromatic carbocycles. The summed E-state index contributed by atoms with van der Waals surface area (Å²) in [5.41, 5.74) is 0.206. The van der Waals surface area contributed by atoms with Crippen LogP contribution in [-0.4, -0.2) is 18.7 Å². The summed E-state index contributed by atoms with van der Waals surface area (Å²) in [4.78, 5) is 0. The lowest BCUT2D eigenvalue weighted by molar-refractivity contribution is -0.136. The van der Waals surface area contributed by atoms with E-state index in [1.54, 1.807) is 0 Å².